The van der Waals surface area contributed by atoms with E-state index in [0.29, 0.717) is 43.6 Å². The van der Waals surface area contributed by atoms with Crippen LogP contribution in [-0.2, 0) is 32.6 Å². The van der Waals surface area contributed by atoms with Crippen LogP contribution >= 0.6 is 11.3 Å². The number of nitrogens with zero attached hydrogens (tertiary/aromatic N) is 3. The molecular weight excluding hydrogens is 448 g/mol. The lowest BCUT2D eigenvalue weighted by Gasteiger charge is -2.34. The lowest BCUT2D eigenvalue weighted by molar-refractivity contribution is -0.122. The minimum Gasteiger partial charge on any atom is -0.379 e. The quantitative estimate of drug-likeness (QED) is 0.614. The molecule has 3 heterocycles. The Kier molecular flexibility index (Phi) is 7.93. The number of carbonyl (C=O) groups is 1. The van der Waals surface area contributed by atoms with Gasteiger partial charge >= 0.3 is 0 Å². The number of hydrogen-bond donors (Lipinski definition) is 1. The highest BCUT2D eigenvalue weighted by atomic mass is 32.2. The molecular formula is C22H30N4O4S2. The molecule has 2 aromatic rings. The first-order valence-electron chi connectivity index (χ1n) is 10.9. The van der Waals surface area contributed by atoms with Crippen molar-refractivity contribution >= 4 is 27.3 Å². The molecule has 1 N–H and O–H groups in total. The fraction of sp³-hybridized carbons (Fsp3) is 0.500. The SMILES string of the molecule is O=C(CN1CCN(Cc2ccccc2)CC1)NCc1ccc(S(=O)(=O)N2CCOCC2)s1. The van der Waals surface area contributed by atoms with Crippen LogP contribution in [-0.4, -0.2) is 87.5 Å². The number of benzene rings is 1. The van der Waals surface area contributed by atoms with Gasteiger partial charge in [0.15, 0.2) is 0 Å². The highest BCUT2D eigenvalue weighted by Crippen LogP contribution is 2.25. The molecule has 32 heavy (non-hydrogen) atoms. The molecule has 174 valence electrons. The third-order valence-electron chi connectivity index (χ3n) is 5.74. The van der Waals surface area contributed by atoms with Crippen molar-refractivity contribution in [2.45, 2.75) is 17.3 Å². The Bertz CT molecular complexity index is 982. The minimum absolute atomic E-state index is 0.0347. The summed E-state index contributed by atoms with van der Waals surface area (Å²) < 4.78 is 32.5. The van der Waals surface area contributed by atoms with Crippen molar-refractivity contribution < 1.29 is 17.9 Å². The fourth-order valence-corrected chi connectivity index (χ4v) is 6.76. The third-order valence-corrected chi connectivity index (χ3v) is 9.19. The zero-order valence-corrected chi connectivity index (χ0v) is 19.7. The summed E-state index contributed by atoms with van der Waals surface area (Å²) >= 11 is 1.22. The van der Waals surface area contributed by atoms with E-state index in [4.69, 9.17) is 4.74 Å². The molecule has 4 rings (SSSR count). The Balaban J connectivity index is 1.20. The summed E-state index contributed by atoms with van der Waals surface area (Å²) in [6, 6.07) is 13.8. The first kappa shape index (κ1) is 23.3. The maximum atomic E-state index is 12.7. The van der Waals surface area contributed by atoms with Gasteiger partial charge in [0, 0.05) is 50.7 Å². The molecule has 2 saturated heterocycles. The topological polar surface area (TPSA) is 82.2 Å². The summed E-state index contributed by atoms with van der Waals surface area (Å²) in [7, 11) is -3.48. The molecule has 2 aliphatic heterocycles. The number of nitrogens with one attached hydrogen (secondary N) is 1. The van der Waals surface area contributed by atoms with Gasteiger partial charge in [-0.1, -0.05) is 30.3 Å². The number of morpholine rings is 1. The molecule has 0 atom stereocenters. The van der Waals surface area contributed by atoms with Crippen molar-refractivity contribution in [2.75, 3.05) is 59.0 Å². The Morgan fingerprint density at radius 1 is 0.938 bits per heavy atom. The van der Waals surface area contributed by atoms with Crippen LogP contribution in [0.25, 0.3) is 0 Å². The van der Waals surface area contributed by atoms with Gasteiger partial charge in [0.2, 0.25) is 5.91 Å². The molecule has 2 aliphatic rings. The number of hydrogen-bond acceptors (Lipinski definition) is 7. The monoisotopic (exact) mass is 478 g/mol. The normalized spacial score (nSPS) is 19.1. The summed E-state index contributed by atoms with van der Waals surface area (Å²) in [5.74, 6) is -0.0347. The molecule has 1 aromatic heterocycles. The molecule has 8 nitrogen and oxygen atoms in total. The molecule has 1 amide bonds. The van der Waals surface area contributed by atoms with Crippen LogP contribution < -0.4 is 5.32 Å². The maximum absolute atomic E-state index is 12.7. The maximum Gasteiger partial charge on any atom is 0.252 e. The smallest absolute Gasteiger partial charge is 0.252 e. The van der Waals surface area contributed by atoms with Crippen LogP contribution in [0.15, 0.2) is 46.7 Å². The van der Waals surface area contributed by atoms with Crippen LogP contribution in [0.5, 0.6) is 0 Å². The average molecular weight is 479 g/mol. The van der Waals surface area contributed by atoms with E-state index in [1.165, 1.54) is 21.2 Å². The van der Waals surface area contributed by atoms with Gasteiger partial charge in [-0.15, -0.1) is 11.3 Å². The Labute approximate surface area is 193 Å². The molecule has 0 bridgehead atoms. The van der Waals surface area contributed by atoms with Gasteiger partial charge < -0.3 is 10.1 Å². The number of amides is 1. The van der Waals surface area contributed by atoms with Gasteiger partial charge in [-0.25, -0.2) is 8.42 Å². The van der Waals surface area contributed by atoms with Gasteiger partial charge in [0.05, 0.1) is 26.3 Å². The molecule has 0 aliphatic carbocycles. The summed E-state index contributed by atoms with van der Waals surface area (Å²) in [4.78, 5) is 17.8. The van der Waals surface area contributed by atoms with Crippen LogP contribution in [0.3, 0.4) is 0 Å². The largest absolute Gasteiger partial charge is 0.379 e. The van der Waals surface area contributed by atoms with Crippen LogP contribution in [0.2, 0.25) is 0 Å². The molecule has 2 fully saturated rings. The molecule has 0 unspecified atom stereocenters. The lowest BCUT2D eigenvalue weighted by atomic mass is 10.2. The van der Waals surface area contributed by atoms with Crippen molar-refractivity contribution in [3.8, 4) is 0 Å². The van der Waals surface area contributed by atoms with Crippen molar-refractivity contribution in [3.63, 3.8) is 0 Å². The second kappa shape index (κ2) is 10.9. The summed E-state index contributed by atoms with van der Waals surface area (Å²) in [5.41, 5.74) is 1.31. The van der Waals surface area contributed by atoms with Crippen molar-refractivity contribution in [2.24, 2.45) is 0 Å². The third kappa shape index (κ3) is 6.15. The van der Waals surface area contributed by atoms with E-state index in [0.717, 1.165) is 37.6 Å². The van der Waals surface area contributed by atoms with E-state index in [2.05, 4.69) is 39.4 Å². The summed E-state index contributed by atoms with van der Waals surface area (Å²) in [5, 5.41) is 2.93. The number of carbonyl (C=O) groups excluding carboxylic acids is 1. The molecule has 10 heteroatoms. The van der Waals surface area contributed by atoms with Crippen molar-refractivity contribution in [1.82, 2.24) is 19.4 Å². The van der Waals surface area contributed by atoms with E-state index in [1.54, 1.807) is 12.1 Å². The highest BCUT2D eigenvalue weighted by Gasteiger charge is 2.27. The molecule has 0 spiro atoms. The zero-order valence-electron chi connectivity index (χ0n) is 18.1. The number of ether oxygens (including phenoxy) is 1. The van der Waals surface area contributed by atoms with E-state index in [1.807, 2.05) is 6.07 Å². The predicted octanol–water partition coefficient (Wildman–Crippen LogP) is 1.20. The number of piperazine rings is 1. The Morgan fingerprint density at radius 2 is 1.62 bits per heavy atom. The van der Waals surface area contributed by atoms with Gasteiger partial charge in [-0.2, -0.15) is 4.31 Å². The Morgan fingerprint density at radius 3 is 2.34 bits per heavy atom. The first-order valence-corrected chi connectivity index (χ1v) is 13.2. The summed E-state index contributed by atoms with van der Waals surface area (Å²) in [6.07, 6.45) is 0. The lowest BCUT2D eigenvalue weighted by Crippen LogP contribution is -2.49. The van der Waals surface area contributed by atoms with E-state index in [-0.39, 0.29) is 5.91 Å². The summed E-state index contributed by atoms with van der Waals surface area (Å²) in [6.45, 7) is 6.86. The molecule has 0 saturated carbocycles. The number of rotatable bonds is 8. The fourth-order valence-electron chi connectivity index (χ4n) is 3.90. The van der Waals surface area contributed by atoms with Crippen molar-refractivity contribution in [1.29, 1.82) is 0 Å². The van der Waals surface area contributed by atoms with E-state index < -0.39 is 10.0 Å². The van der Waals surface area contributed by atoms with Crippen LogP contribution in [0, 0.1) is 0 Å². The van der Waals surface area contributed by atoms with Gasteiger partial charge in [-0.3, -0.25) is 14.6 Å². The first-order chi connectivity index (χ1) is 15.5. The van der Waals surface area contributed by atoms with E-state index >= 15 is 0 Å². The van der Waals surface area contributed by atoms with Crippen molar-refractivity contribution in [3.05, 3.63) is 52.9 Å². The number of thiophene rings is 1. The molecule has 0 radical (unpaired) electrons. The molecule has 1 aromatic carbocycles. The minimum atomic E-state index is -3.48. The second-order valence-corrected chi connectivity index (χ2v) is 11.4. The van der Waals surface area contributed by atoms with Crippen LogP contribution in [0.4, 0.5) is 0 Å². The van der Waals surface area contributed by atoms with Crippen LogP contribution in [0.1, 0.15) is 10.4 Å². The second-order valence-electron chi connectivity index (χ2n) is 8.05. The van der Waals surface area contributed by atoms with Gasteiger partial charge in [0.1, 0.15) is 4.21 Å². The van der Waals surface area contributed by atoms with E-state index in [9.17, 15) is 13.2 Å². The number of sulfonamides is 1. The predicted molar refractivity (Wildman–Crippen MR) is 124 cm³/mol. The highest BCUT2D eigenvalue weighted by molar-refractivity contribution is 7.91. The Hall–Kier alpha value is -1.82. The van der Waals surface area contributed by atoms with Gasteiger partial charge in [0.25, 0.3) is 10.0 Å². The standard InChI is InChI=1S/C22H30N4O4S2/c27-21(18-25-10-8-24(9-11-25)17-19-4-2-1-3-5-19)23-16-20-6-7-22(31-20)32(28,29)26-12-14-30-15-13-26/h1-7H,8-18H2,(H,23,27). The van der Waals surface area contributed by atoms with Gasteiger partial charge in [-0.05, 0) is 17.7 Å². The zero-order chi connectivity index (χ0) is 22.4. The average Bonchev–Trinajstić information content (AvgIpc) is 3.30.